The first-order chi connectivity index (χ1) is 6.69. The van der Waals surface area contributed by atoms with Gasteiger partial charge in [0.05, 0.1) is 6.04 Å². The van der Waals surface area contributed by atoms with Crippen molar-refractivity contribution in [3.8, 4) is 0 Å². The van der Waals surface area contributed by atoms with E-state index in [1.54, 1.807) is 0 Å². The maximum atomic E-state index is 11.2. The number of hydrogen-bond acceptors (Lipinski definition) is 2. The van der Waals surface area contributed by atoms with Gasteiger partial charge in [-0.15, -0.1) is 0 Å². The van der Waals surface area contributed by atoms with Gasteiger partial charge in [-0.3, -0.25) is 9.69 Å². The van der Waals surface area contributed by atoms with Crippen LogP contribution in [-0.4, -0.2) is 29.9 Å². The average molecular weight is 198 g/mol. The normalized spacial score (nSPS) is 18.5. The third kappa shape index (κ3) is 3.29. The van der Waals surface area contributed by atoms with Crippen LogP contribution >= 0.6 is 0 Å². The second-order valence-electron chi connectivity index (χ2n) is 4.26. The van der Waals surface area contributed by atoms with E-state index in [9.17, 15) is 4.79 Å². The van der Waals surface area contributed by atoms with Crippen LogP contribution in [-0.2, 0) is 4.79 Å². The fourth-order valence-corrected chi connectivity index (χ4v) is 1.93. The predicted molar refractivity (Wildman–Crippen MR) is 57.9 cm³/mol. The van der Waals surface area contributed by atoms with Gasteiger partial charge in [0.1, 0.15) is 0 Å². The zero-order chi connectivity index (χ0) is 10.6. The van der Waals surface area contributed by atoms with Crippen molar-refractivity contribution in [1.29, 1.82) is 0 Å². The third-order valence-electron chi connectivity index (χ3n) is 2.86. The monoisotopic (exact) mass is 198 g/mol. The zero-order valence-corrected chi connectivity index (χ0v) is 9.33. The Morgan fingerprint density at radius 3 is 2.50 bits per heavy atom. The number of carbonyl (C=O) groups excluding carboxylic acids is 1. The lowest BCUT2D eigenvalue weighted by atomic mass is 10.1. The molecule has 0 aromatic heterocycles. The highest BCUT2D eigenvalue weighted by atomic mass is 16.1. The van der Waals surface area contributed by atoms with Crippen molar-refractivity contribution >= 4 is 5.91 Å². The van der Waals surface area contributed by atoms with Gasteiger partial charge < -0.3 is 5.73 Å². The number of amides is 1. The lowest BCUT2D eigenvalue weighted by Gasteiger charge is -2.28. The molecule has 1 saturated carbocycles. The van der Waals surface area contributed by atoms with Crippen LogP contribution in [0.5, 0.6) is 0 Å². The molecule has 0 aromatic carbocycles. The Balaban J connectivity index is 2.47. The molecule has 0 bridgehead atoms. The van der Waals surface area contributed by atoms with Gasteiger partial charge in [-0.1, -0.05) is 13.8 Å². The SMILES string of the molecule is CCCN(CC1CC1)C(CC)C(N)=O. The van der Waals surface area contributed by atoms with Gasteiger partial charge in [-0.05, 0) is 38.1 Å². The predicted octanol–water partition coefficient (Wildman–Crippen LogP) is 1.37. The summed E-state index contributed by atoms with van der Waals surface area (Å²) in [5.41, 5.74) is 5.39. The summed E-state index contributed by atoms with van der Waals surface area (Å²) in [6, 6.07) is -0.0458. The van der Waals surface area contributed by atoms with Crippen LogP contribution in [0.3, 0.4) is 0 Å². The third-order valence-corrected chi connectivity index (χ3v) is 2.86. The maximum Gasteiger partial charge on any atom is 0.234 e. The number of nitrogens with zero attached hydrogens (tertiary/aromatic N) is 1. The Bertz CT molecular complexity index is 190. The molecule has 1 aliphatic carbocycles. The minimum atomic E-state index is -0.165. The quantitative estimate of drug-likeness (QED) is 0.671. The van der Waals surface area contributed by atoms with Crippen molar-refractivity contribution in [3.05, 3.63) is 0 Å². The van der Waals surface area contributed by atoms with E-state index in [0.717, 1.165) is 31.8 Å². The number of nitrogens with two attached hydrogens (primary N) is 1. The molecule has 1 unspecified atom stereocenters. The molecule has 1 fully saturated rings. The van der Waals surface area contributed by atoms with E-state index < -0.39 is 0 Å². The standard InChI is InChI=1S/C11H22N2O/c1-3-7-13(8-9-5-6-9)10(4-2)11(12)14/h9-10H,3-8H2,1-2H3,(H2,12,14). The maximum absolute atomic E-state index is 11.2. The summed E-state index contributed by atoms with van der Waals surface area (Å²) in [5, 5.41) is 0. The highest BCUT2D eigenvalue weighted by Crippen LogP contribution is 2.30. The van der Waals surface area contributed by atoms with E-state index in [1.807, 2.05) is 6.92 Å². The lowest BCUT2D eigenvalue weighted by molar-refractivity contribution is -0.123. The molecule has 1 amide bonds. The summed E-state index contributed by atoms with van der Waals surface area (Å²) in [6.45, 7) is 6.24. The van der Waals surface area contributed by atoms with Crippen molar-refractivity contribution in [2.75, 3.05) is 13.1 Å². The Morgan fingerprint density at radius 1 is 1.50 bits per heavy atom. The van der Waals surface area contributed by atoms with E-state index in [2.05, 4.69) is 11.8 Å². The molecule has 0 aromatic rings. The fourth-order valence-electron chi connectivity index (χ4n) is 1.93. The molecule has 0 aliphatic heterocycles. The lowest BCUT2D eigenvalue weighted by Crippen LogP contribution is -2.45. The molecule has 3 heteroatoms. The highest BCUT2D eigenvalue weighted by molar-refractivity contribution is 5.79. The minimum absolute atomic E-state index is 0.0458. The Morgan fingerprint density at radius 2 is 2.14 bits per heavy atom. The van der Waals surface area contributed by atoms with E-state index in [-0.39, 0.29) is 11.9 Å². The van der Waals surface area contributed by atoms with Crippen LogP contribution in [0.15, 0.2) is 0 Å². The zero-order valence-electron chi connectivity index (χ0n) is 9.33. The van der Waals surface area contributed by atoms with E-state index in [1.165, 1.54) is 12.8 Å². The first-order valence-electron chi connectivity index (χ1n) is 5.72. The van der Waals surface area contributed by atoms with Crippen molar-refractivity contribution < 1.29 is 4.79 Å². The van der Waals surface area contributed by atoms with Crippen LogP contribution < -0.4 is 5.73 Å². The summed E-state index contributed by atoms with van der Waals surface area (Å²) in [4.78, 5) is 13.5. The summed E-state index contributed by atoms with van der Waals surface area (Å²) in [6.07, 6.45) is 4.59. The van der Waals surface area contributed by atoms with Crippen molar-refractivity contribution in [2.24, 2.45) is 11.7 Å². The van der Waals surface area contributed by atoms with Crippen LogP contribution in [0.25, 0.3) is 0 Å². The molecule has 2 N–H and O–H groups in total. The fraction of sp³-hybridized carbons (Fsp3) is 0.909. The molecule has 0 spiro atoms. The molecule has 1 rings (SSSR count). The topological polar surface area (TPSA) is 46.3 Å². The molecule has 14 heavy (non-hydrogen) atoms. The van der Waals surface area contributed by atoms with E-state index in [0.29, 0.717) is 0 Å². The van der Waals surface area contributed by atoms with Gasteiger partial charge in [0.2, 0.25) is 5.91 Å². The smallest absolute Gasteiger partial charge is 0.234 e. The van der Waals surface area contributed by atoms with Crippen molar-refractivity contribution in [2.45, 2.75) is 45.6 Å². The van der Waals surface area contributed by atoms with Gasteiger partial charge in [0, 0.05) is 6.54 Å². The highest BCUT2D eigenvalue weighted by Gasteiger charge is 2.29. The largest absolute Gasteiger partial charge is 0.368 e. The number of carbonyl (C=O) groups is 1. The molecular formula is C11H22N2O. The average Bonchev–Trinajstić information content (AvgIpc) is 2.89. The van der Waals surface area contributed by atoms with Crippen LogP contribution in [0, 0.1) is 5.92 Å². The Kier molecular flexibility index (Phi) is 4.39. The molecule has 1 atom stereocenters. The summed E-state index contributed by atoms with van der Waals surface area (Å²) in [5.74, 6) is 0.663. The number of hydrogen-bond donors (Lipinski definition) is 1. The molecule has 0 saturated heterocycles. The van der Waals surface area contributed by atoms with Crippen LogP contribution in [0.1, 0.15) is 39.5 Å². The first kappa shape index (κ1) is 11.5. The van der Waals surface area contributed by atoms with Gasteiger partial charge in [-0.2, -0.15) is 0 Å². The molecule has 0 heterocycles. The van der Waals surface area contributed by atoms with Gasteiger partial charge in [-0.25, -0.2) is 0 Å². The van der Waals surface area contributed by atoms with Crippen molar-refractivity contribution in [3.63, 3.8) is 0 Å². The Hall–Kier alpha value is -0.570. The second-order valence-corrected chi connectivity index (χ2v) is 4.26. The van der Waals surface area contributed by atoms with Crippen molar-refractivity contribution in [1.82, 2.24) is 4.90 Å². The number of primary amides is 1. The van der Waals surface area contributed by atoms with Crippen LogP contribution in [0.4, 0.5) is 0 Å². The molecule has 0 radical (unpaired) electrons. The van der Waals surface area contributed by atoms with Gasteiger partial charge in [0.15, 0.2) is 0 Å². The molecular weight excluding hydrogens is 176 g/mol. The van der Waals surface area contributed by atoms with E-state index in [4.69, 9.17) is 5.73 Å². The van der Waals surface area contributed by atoms with Crippen LogP contribution in [0.2, 0.25) is 0 Å². The summed E-state index contributed by atoms with van der Waals surface area (Å²) < 4.78 is 0. The Labute approximate surface area is 86.6 Å². The van der Waals surface area contributed by atoms with Gasteiger partial charge in [0.25, 0.3) is 0 Å². The minimum Gasteiger partial charge on any atom is -0.368 e. The summed E-state index contributed by atoms with van der Waals surface area (Å²) in [7, 11) is 0. The molecule has 82 valence electrons. The van der Waals surface area contributed by atoms with Gasteiger partial charge >= 0.3 is 0 Å². The molecule has 1 aliphatic rings. The summed E-state index contributed by atoms with van der Waals surface area (Å²) >= 11 is 0. The first-order valence-corrected chi connectivity index (χ1v) is 5.72. The second kappa shape index (κ2) is 5.35. The number of rotatable bonds is 7. The van der Waals surface area contributed by atoms with E-state index >= 15 is 0 Å². The molecule has 3 nitrogen and oxygen atoms in total.